The van der Waals surface area contributed by atoms with Crippen LogP contribution in [0.5, 0.6) is 0 Å². The van der Waals surface area contributed by atoms with Crippen molar-refractivity contribution in [3.05, 3.63) is 64.3 Å². The van der Waals surface area contributed by atoms with Crippen LogP contribution in [0.2, 0.25) is 0 Å². The van der Waals surface area contributed by atoms with Gasteiger partial charge in [0.05, 0.1) is 17.5 Å². The zero-order valence-corrected chi connectivity index (χ0v) is 16.8. The lowest BCUT2D eigenvalue weighted by atomic mass is 10.1. The molecular formula is C20H17FN6OS. The van der Waals surface area contributed by atoms with E-state index >= 15 is 0 Å². The molecule has 0 aromatic carbocycles. The van der Waals surface area contributed by atoms with Gasteiger partial charge in [-0.25, -0.2) is 14.4 Å². The van der Waals surface area contributed by atoms with E-state index in [1.807, 2.05) is 26.0 Å². The molecule has 0 saturated carbocycles. The molecule has 0 saturated heterocycles. The van der Waals surface area contributed by atoms with Crippen molar-refractivity contribution in [1.82, 2.24) is 25.1 Å². The molecule has 9 heteroatoms. The summed E-state index contributed by atoms with van der Waals surface area (Å²) in [5.41, 5.74) is 3.84. The number of halogens is 1. The number of amides is 1. The molecule has 4 aromatic rings. The number of carbonyl (C=O) groups is 1. The SMILES string of the molecule is Cc1cc(-c2nc(-c3ccc(NC(=O)c4cncc(F)c4C)nc3)c(C)s2)n[nH]1. The van der Waals surface area contributed by atoms with Gasteiger partial charge >= 0.3 is 0 Å². The zero-order chi connectivity index (χ0) is 20.5. The van der Waals surface area contributed by atoms with Crippen LogP contribution < -0.4 is 5.32 Å². The number of aromatic amines is 1. The number of aromatic nitrogens is 5. The van der Waals surface area contributed by atoms with Crippen molar-refractivity contribution < 1.29 is 9.18 Å². The number of pyridine rings is 2. The van der Waals surface area contributed by atoms with Gasteiger partial charge in [0.2, 0.25) is 0 Å². The first-order valence-electron chi connectivity index (χ1n) is 8.80. The van der Waals surface area contributed by atoms with E-state index in [1.54, 1.807) is 23.6 Å². The Kier molecular flexibility index (Phi) is 4.89. The lowest BCUT2D eigenvalue weighted by Gasteiger charge is -2.07. The van der Waals surface area contributed by atoms with Gasteiger partial charge < -0.3 is 5.32 Å². The first-order chi connectivity index (χ1) is 13.9. The number of hydrogen-bond donors (Lipinski definition) is 2. The van der Waals surface area contributed by atoms with Gasteiger partial charge in [-0.2, -0.15) is 5.10 Å². The van der Waals surface area contributed by atoms with Crippen LogP contribution in [0.3, 0.4) is 0 Å². The highest BCUT2D eigenvalue weighted by Crippen LogP contribution is 2.32. The van der Waals surface area contributed by atoms with Crippen LogP contribution in [0.4, 0.5) is 10.2 Å². The Morgan fingerprint density at radius 1 is 1.17 bits per heavy atom. The molecule has 7 nitrogen and oxygen atoms in total. The molecule has 0 bridgehead atoms. The topological polar surface area (TPSA) is 96.5 Å². The summed E-state index contributed by atoms with van der Waals surface area (Å²) in [5, 5.41) is 10.7. The van der Waals surface area contributed by atoms with E-state index in [2.05, 4.69) is 30.5 Å². The van der Waals surface area contributed by atoms with Gasteiger partial charge in [0.15, 0.2) is 0 Å². The predicted octanol–water partition coefficient (Wildman–Crippen LogP) is 4.31. The summed E-state index contributed by atoms with van der Waals surface area (Å²) in [6, 6.07) is 5.47. The Labute approximate surface area is 170 Å². The average Bonchev–Trinajstić information content (AvgIpc) is 3.30. The van der Waals surface area contributed by atoms with Crippen molar-refractivity contribution >= 4 is 23.1 Å². The molecular weight excluding hydrogens is 391 g/mol. The highest BCUT2D eigenvalue weighted by Gasteiger charge is 2.15. The second-order valence-electron chi connectivity index (χ2n) is 6.54. The van der Waals surface area contributed by atoms with Crippen molar-refractivity contribution in [2.24, 2.45) is 0 Å². The summed E-state index contributed by atoms with van der Waals surface area (Å²) in [6.07, 6.45) is 4.06. The molecule has 4 aromatic heterocycles. The van der Waals surface area contributed by atoms with Gasteiger partial charge in [0, 0.05) is 34.1 Å². The maximum atomic E-state index is 13.6. The van der Waals surface area contributed by atoms with E-state index in [9.17, 15) is 9.18 Å². The van der Waals surface area contributed by atoms with Gasteiger partial charge in [0.25, 0.3) is 5.91 Å². The molecule has 0 aliphatic rings. The quantitative estimate of drug-likeness (QED) is 0.525. The van der Waals surface area contributed by atoms with Crippen LogP contribution in [0, 0.1) is 26.6 Å². The predicted molar refractivity (Wildman–Crippen MR) is 109 cm³/mol. The maximum Gasteiger partial charge on any atom is 0.258 e. The molecule has 0 atom stereocenters. The summed E-state index contributed by atoms with van der Waals surface area (Å²) >= 11 is 1.56. The number of hydrogen-bond acceptors (Lipinski definition) is 6. The number of thiazole rings is 1. The Hall–Kier alpha value is -3.46. The van der Waals surface area contributed by atoms with E-state index in [4.69, 9.17) is 0 Å². The number of H-pyrrole nitrogens is 1. The van der Waals surface area contributed by atoms with E-state index < -0.39 is 11.7 Å². The van der Waals surface area contributed by atoms with Crippen LogP contribution in [0.15, 0.2) is 36.8 Å². The van der Waals surface area contributed by atoms with Gasteiger partial charge in [-0.15, -0.1) is 11.3 Å². The zero-order valence-electron chi connectivity index (χ0n) is 15.9. The molecule has 0 unspecified atom stereocenters. The first-order valence-corrected chi connectivity index (χ1v) is 9.61. The number of aryl methyl sites for hydroxylation is 2. The van der Waals surface area contributed by atoms with Gasteiger partial charge in [0.1, 0.15) is 22.3 Å². The molecule has 0 fully saturated rings. The summed E-state index contributed by atoms with van der Waals surface area (Å²) in [5.74, 6) is -0.628. The lowest BCUT2D eigenvalue weighted by Crippen LogP contribution is -2.15. The van der Waals surface area contributed by atoms with Crippen LogP contribution in [-0.4, -0.2) is 31.1 Å². The molecule has 29 heavy (non-hydrogen) atoms. The number of nitrogens with one attached hydrogen (secondary N) is 2. The first kappa shape index (κ1) is 18.9. The molecule has 4 heterocycles. The van der Waals surface area contributed by atoms with E-state index in [-0.39, 0.29) is 11.1 Å². The van der Waals surface area contributed by atoms with Crippen molar-refractivity contribution in [2.45, 2.75) is 20.8 Å². The Morgan fingerprint density at radius 3 is 2.69 bits per heavy atom. The summed E-state index contributed by atoms with van der Waals surface area (Å²) in [6.45, 7) is 5.47. The van der Waals surface area contributed by atoms with E-state index in [1.165, 1.54) is 13.1 Å². The maximum absolute atomic E-state index is 13.6. The van der Waals surface area contributed by atoms with Gasteiger partial charge in [-0.05, 0) is 39.0 Å². The third-order valence-corrected chi connectivity index (χ3v) is 5.39. The Bertz CT molecular complexity index is 1200. The molecule has 146 valence electrons. The van der Waals surface area contributed by atoms with Gasteiger partial charge in [-0.3, -0.25) is 14.9 Å². The average molecular weight is 408 g/mol. The third kappa shape index (κ3) is 3.77. The molecule has 4 rings (SSSR count). The third-order valence-electron chi connectivity index (χ3n) is 4.40. The minimum Gasteiger partial charge on any atom is -0.307 e. The minimum absolute atomic E-state index is 0.171. The van der Waals surface area contributed by atoms with Crippen LogP contribution in [0.25, 0.3) is 22.0 Å². The number of carbonyl (C=O) groups excluding carboxylic acids is 1. The molecule has 2 N–H and O–H groups in total. The number of anilines is 1. The van der Waals surface area contributed by atoms with Crippen LogP contribution >= 0.6 is 11.3 Å². The fourth-order valence-electron chi connectivity index (χ4n) is 2.82. The lowest BCUT2D eigenvalue weighted by molar-refractivity contribution is 0.102. The van der Waals surface area contributed by atoms with Crippen LogP contribution in [0.1, 0.15) is 26.5 Å². The van der Waals surface area contributed by atoms with E-state index in [0.29, 0.717) is 5.82 Å². The summed E-state index contributed by atoms with van der Waals surface area (Å²) < 4.78 is 13.6. The Balaban J connectivity index is 1.55. The highest BCUT2D eigenvalue weighted by molar-refractivity contribution is 7.15. The fourth-order valence-corrected chi connectivity index (χ4v) is 3.72. The second-order valence-corrected chi connectivity index (χ2v) is 7.74. The van der Waals surface area contributed by atoms with Crippen molar-refractivity contribution in [3.63, 3.8) is 0 Å². The summed E-state index contributed by atoms with van der Waals surface area (Å²) in [7, 11) is 0. The Morgan fingerprint density at radius 2 is 2.00 bits per heavy atom. The second kappa shape index (κ2) is 7.51. The van der Waals surface area contributed by atoms with Crippen molar-refractivity contribution in [3.8, 4) is 22.0 Å². The molecule has 0 aliphatic carbocycles. The van der Waals surface area contributed by atoms with Crippen molar-refractivity contribution in [2.75, 3.05) is 5.32 Å². The van der Waals surface area contributed by atoms with Gasteiger partial charge in [-0.1, -0.05) is 0 Å². The molecule has 0 aliphatic heterocycles. The fraction of sp³-hybridized carbons (Fsp3) is 0.150. The van der Waals surface area contributed by atoms with E-state index in [0.717, 1.165) is 38.7 Å². The normalized spacial score (nSPS) is 10.9. The molecule has 0 radical (unpaired) electrons. The number of nitrogens with zero attached hydrogens (tertiary/aromatic N) is 4. The minimum atomic E-state index is -0.525. The van der Waals surface area contributed by atoms with Crippen LogP contribution in [-0.2, 0) is 0 Å². The molecule has 1 amide bonds. The summed E-state index contributed by atoms with van der Waals surface area (Å²) in [4.78, 5) is 26.1. The largest absolute Gasteiger partial charge is 0.307 e. The smallest absolute Gasteiger partial charge is 0.258 e. The highest BCUT2D eigenvalue weighted by atomic mass is 32.1. The number of rotatable bonds is 4. The standard InChI is InChI=1S/C20H17FN6OS/c1-10-6-16(27-26-10)20-25-18(12(3)29-20)13-4-5-17(23-7-13)24-19(28)14-8-22-9-15(21)11(14)2/h4-9H,1-3H3,(H,26,27)(H,23,24,28). The monoisotopic (exact) mass is 408 g/mol. The van der Waals surface area contributed by atoms with Crippen molar-refractivity contribution in [1.29, 1.82) is 0 Å². The molecule has 0 spiro atoms.